The third kappa shape index (κ3) is 3.66. The average Bonchev–Trinajstić information content (AvgIpc) is 2.62. The lowest BCUT2D eigenvalue weighted by Crippen LogP contribution is -2.40. The number of carbonyl (C=O) groups excluding carboxylic acids is 3. The first-order valence-electron chi connectivity index (χ1n) is 6.58. The Balaban J connectivity index is 2.46. The summed E-state index contributed by atoms with van der Waals surface area (Å²) in [5.41, 5.74) is -0.275. The number of amides is 2. The van der Waals surface area contributed by atoms with Gasteiger partial charge in [-0.25, -0.2) is 0 Å². The zero-order valence-corrected chi connectivity index (χ0v) is 12.3. The Bertz CT molecular complexity index is 452. The fourth-order valence-electron chi connectivity index (χ4n) is 1.59. The van der Waals surface area contributed by atoms with E-state index in [0.29, 0.717) is 12.0 Å². The van der Waals surface area contributed by atoms with Crippen LogP contribution in [0.15, 0.2) is 11.6 Å². The van der Waals surface area contributed by atoms with Crippen molar-refractivity contribution in [3.05, 3.63) is 11.6 Å². The number of carbonyl (C=O) groups is 3. The summed E-state index contributed by atoms with van der Waals surface area (Å²) in [6.45, 7) is 6.50. The molecule has 0 aromatic heterocycles. The molecule has 1 rings (SSSR count). The second kappa shape index (κ2) is 6.17. The first-order valence-corrected chi connectivity index (χ1v) is 6.58. The van der Waals surface area contributed by atoms with E-state index in [1.807, 2.05) is 6.92 Å². The Morgan fingerprint density at radius 2 is 2.05 bits per heavy atom. The molecule has 0 aromatic carbocycles. The van der Waals surface area contributed by atoms with E-state index < -0.39 is 29.3 Å². The van der Waals surface area contributed by atoms with Crippen molar-refractivity contribution in [1.82, 2.24) is 4.90 Å². The molecule has 6 nitrogen and oxygen atoms in total. The second-order valence-electron chi connectivity index (χ2n) is 5.57. The fourth-order valence-corrected chi connectivity index (χ4v) is 1.59. The highest BCUT2D eigenvalue weighted by Crippen LogP contribution is 2.21. The summed E-state index contributed by atoms with van der Waals surface area (Å²) in [6, 6.07) is 0. The zero-order valence-electron chi connectivity index (χ0n) is 12.3. The lowest BCUT2D eigenvalue weighted by Gasteiger charge is -2.23. The second-order valence-corrected chi connectivity index (χ2v) is 5.57. The molecular formula is C14H21NO5. The number of aliphatic hydroxyl groups excluding tert-OH is 1. The smallest absolute Gasteiger partial charge is 0.311 e. The Kier molecular flexibility index (Phi) is 5.05. The Morgan fingerprint density at radius 1 is 1.45 bits per heavy atom. The van der Waals surface area contributed by atoms with Crippen LogP contribution in [-0.2, 0) is 19.1 Å². The van der Waals surface area contributed by atoms with E-state index in [1.165, 1.54) is 13.0 Å². The minimum absolute atomic E-state index is 0.175. The van der Waals surface area contributed by atoms with Gasteiger partial charge in [0.2, 0.25) is 0 Å². The summed E-state index contributed by atoms with van der Waals surface area (Å²) in [6.07, 6.45) is 0.758. The van der Waals surface area contributed by atoms with E-state index in [9.17, 15) is 19.5 Å². The molecule has 2 amide bonds. The predicted octanol–water partition coefficient (Wildman–Crippen LogP) is 0.642. The van der Waals surface area contributed by atoms with Gasteiger partial charge in [0.1, 0.15) is 12.7 Å². The molecular weight excluding hydrogens is 262 g/mol. The van der Waals surface area contributed by atoms with Crippen LogP contribution in [0.25, 0.3) is 0 Å². The molecule has 112 valence electrons. The number of ether oxygens (including phenoxy) is 1. The van der Waals surface area contributed by atoms with Crippen LogP contribution in [0.5, 0.6) is 0 Å². The lowest BCUT2D eigenvalue weighted by atomic mass is 9.91. The number of aliphatic hydroxyl groups is 1. The van der Waals surface area contributed by atoms with Crippen LogP contribution in [0.2, 0.25) is 0 Å². The largest absolute Gasteiger partial charge is 0.462 e. The van der Waals surface area contributed by atoms with Gasteiger partial charge in [-0.15, -0.1) is 0 Å². The van der Waals surface area contributed by atoms with Gasteiger partial charge in [0.15, 0.2) is 0 Å². The number of rotatable bonds is 6. The molecule has 0 aromatic rings. The standard InChI is InChI=1S/C14H21NO5/c1-5-14(3,4)13(19)20-8-10(16)7-15-11(17)6-9(2)12(15)18/h6,10,16H,5,7-8H2,1-4H3. The number of β-amino-alcohol motifs (C(OH)–C–C–N with tert-alkyl or cyclic N) is 1. The molecule has 0 aliphatic carbocycles. The summed E-state index contributed by atoms with van der Waals surface area (Å²) in [5.74, 6) is -1.28. The Morgan fingerprint density at radius 3 is 2.50 bits per heavy atom. The molecule has 1 unspecified atom stereocenters. The van der Waals surface area contributed by atoms with Gasteiger partial charge in [-0.1, -0.05) is 6.92 Å². The maximum Gasteiger partial charge on any atom is 0.311 e. The summed E-state index contributed by atoms with van der Waals surface area (Å²) in [7, 11) is 0. The van der Waals surface area contributed by atoms with Gasteiger partial charge in [0.25, 0.3) is 11.8 Å². The third-order valence-electron chi connectivity index (χ3n) is 3.43. The first-order chi connectivity index (χ1) is 9.19. The number of nitrogens with zero attached hydrogens (tertiary/aromatic N) is 1. The van der Waals surface area contributed by atoms with E-state index in [-0.39, 0.29) is 13.2 Å². The highest BCUT2D eigenvalue weighted by atomic mass is 16.5. The number of hydrogen-bond acceptors (Lipinski definition) is 5. The monoisotopic (exact) mass is 283 g/mol. The summed E-state index contributed by atoms with van der Waals surface area (Å²) in [4.78, 5) is 35.8. The van der Waals surface area contributed by atoms with Gasteiger partial charge in [0.05, 0.1) is 12.0 Å². The molecule has 20 heavy (non-hydrogen) atoms. The predicted molar refractivity (Wildman–Crippen MR) is 71.5 cm³/mol. The maximum absolute atomic E-state index is 11.7. The number of esters is 1. The normalized spacial score (nSPS) is 17.2. The van der Waals surface area contributed by atoms with Crippen molar-refractivity contribution in [2.75, 3.05) is 13.2 Å². The van der Waals surface area contributed by atoms with Gasteiger partial charge in [0, 0.05) is 11.6 Å². The van der Waals surface area contributed by atoms with Gasteiger partial charge in [-0.05, 0) is 27.2 Å². The van der Waals surface area contributed by atoms with Crippen molar-refractivity contribution in [3.63, 3.8) is 0 Å². The van der Waals surface area contributed by atoms with E-state index in [2.05, 4.69) is 0 Å². The first kappa shape index (κ1) is 16.4. The molecule has 0 radical (unpaired) electrons. The molecule has 0 fully saturated rings. The van der Waals surface area contributed by atoms with Crippen LogP contribution in [-0.4, -0.2) is 47.0 Å². The van der Waals surface area contributed by atoms with Crippen molar-refractivity contribution in [2.24, 2.45) is 5.41 Å². The van der Waals surface area contributed by atoms with E-state index in [0.717, 1.165) is 4.90 Å². The van der Waals surface area contributed by atoms with Crippen LogP contribution in [0.1, 0.15) is 34.1 Å². The highest BCUT2D eigenvalue weighted by Gasteiger charge is 2.31. The molecule has 0 saturated heterocycles. The van der Waals surface area contributed by atoms with Crippen molar-refractivity contribution in [3.8, 4) is 0 Å². The minimum Gasteiger partial charge on any atom is -0.462 e. The van der Waals surface area contributed by atoms with Crippen LogP contribution < -0.4 is 0 Å². The molecule has 1 aliphatic heterocycles. The van der Waals surface area contributed by atoms with Gasteiger partial charge in [-0.3, -0.25) is 19.3 Å². The molecule has 1 aliphatic rings. The Labute approximate surface area is 118 Å². The van der Waals surface area contributed by atoms with Crippen molar-refractivity contribution >= 4 is 17.8 Å². The quantitative estimate of drug-likeness (QED) is 0.571. The lowest BCUT2D eigenvalue weighted by molar-refractivity contribution is -0.157. The molecule has 0 saturated carbocycles. The van der Waals surface area contributed by atoms with E-state index >= 15 is 0 Å². The molecule has 1 N–H and O–H groups in total. The van der Waals surface area contributed by atoms with E-state index in [4.69, 9.17) is 4.74 Å². The molecule has 1 atom stereocenters. The fraction of sp³-hybridized carbons (Fsp3) is 0.643. The summed E-state index contributed by atoms with van der Waals surface area (Å²) in [5, 5.41) is 9.77. The highest BCUT2D eigenvalue weighted by molar-refractivity contribution is 6.15. The summed E-state index contributed by atoms with van der Waals surface area (Å²) >= 11 is 0. The van der Waals surface area contributed by atoms with Gasteiger partial charge >= 0.3 is 5.97 Å². The van der Waals surface area contributed by atoms with Gasteiger partial charge < -0.3 is 9.84 Å². The van der Waals surface area contributed by atoms with Gasteiger partial charge in [-0.2, -0.15) is 0 Å². The third-order valence-corrected chi connectivity index (χ3v) is 3.43. The van der Waals surface area contributed by atoms with E-state index in [1.54, 1.807) is 13.8 Å². The molecule has 0 spiro atoms. The van der Waals surface area contributed by atoms with Crippen LogP contribution in [0.3, 0.4) is 0 Å². The minimum atomic E-state index is -1.08. The van der Waals surface area contributed by atoms with Crippen LogP contribution in [0.4, 0.5) is 0 Å². The maximum atomic E-state index is 11.7. The zero-order chi connectivity index (χ0) is 15.5. The van der Waals surface area contributed by atoms with Crippen molar-refractivity contribution in [1.29, 1.82) is 0 Å². The molecule has 0 bridgehead atoms. The number of hydrogen-bond donors (Lipinski definition) is 1. The average molecular weight is 283 g/mol. The topological polar surface area (TPSA) is 83.9 Å². The number of imide groups is 1. The van der Waals surface area contributed by atoms with Crippen LogP contribution in [0, 0.1) is 5.41 Å². The Hall–Kier alpha value is -1.69. The SMILES string of the molecule is CCC(C)(C)C(=O)OCC(O)CN1C(=O)C=C(C)C1=O. The van der Waals surface area contributed by atoms with Crippen molar-refractivity contribution in [2.45, 2.75) is 40.2 Å². The van der Waals surface area contributed by atoms with Crippen molar-refractivity contribution < 1.29 is 24.2 Å². The molecule has 6 heteroatoms. The molecule has 1 heterocycles. The van der Waals surface area contributed by atoms with Crippen LogP contribution >= 0.6 is 0 Å². The summed E-state index contributed by atoms with van der Waals surface area (Å²) < 4.78 is 5.01.